The zero-order valence-corrected chi connectivity index (χ0v) is 39.5. The Morgan fingerprint density at radius 1 is 0.600 bits per heavy atom. The minimum Gasteiger partial charge on any atom is -0.500 e. The van der Waals surface area contributed by atoms with Crippen molar-refractivity contribution in [3.8, 4) is 39.5 Å². The third kappa shape index (κ3) is 8.47. The van der Waals surface area contributed by atoms with E-state index in [4.69, 9.17) is 9.40 Å². The standard InChI is InChI=1S/C37H31N2O.C17H22NSi.Ir/c1-23(2)29-21-27(25-12-6-5-7-13-25)22-30(24(3)4)36(29)39-33-16-10-9-15-32(33)38-37(39)26-18-19-35-31(20-26)28-14-8-11-17-34(28)40-35;1-13(2)15-11-16(14-9-7-6-8-10-14)18-12-17(15)19(3,4)5;/h5-17,19-24H,1-4H3;6-9,11-13H,1-5H3;/q2*-1;. The third-order valence-electron chi connectivity index (χ3n) is 11.2. The first-order valence-corrected chi connectivity index (χ1v) is 24.4. The van der Waals surface area contributed by atoms with E-state index < -0.39 is 8.07 Å². The van der Waals surface area contributed by atoms with Crippen molar-refractivity contribution in [2.75, 3.05) is 0 Å². The molecule has 60 heavy (non-hydrogen) atoms. The van der Waals surface area contributed by atoms with Crippen molar-refractivity contribution >= 4 is 46.2 Å². The first-order valence-electron chi connectivity index (χ1n) is 20.9. The van der Waals surface area contributed by atoms with Crippen LogP contribution < -0.4 is 5.19 Å². The van der Waals surface area contributed by atoms with Crippen LogP contribution in [0.15, 0.2) is 144 Å². The number of aromatic nitrogens is 3. The van der Waals surface area contributed by atoms with E-state index in [1.807, 2.05) is 36.4 Å². The summed E-state index contributed by atoms with van der Waals surface area (Å²) >= 11 is 0. The summed E-state index contributed by atoms with van der Waals surface area (Å²) in [5, 5.41) is 3.66. The maximum Gasteiger partial charge on any atom is 0.120 e. The van der Waals surface area contributed by atoms with Crippen molar-refractivity contribution < 1.29 is 24.5 Å². The molecule has 4 nitrogen and oxygen atoms in total. The normalized spacial score (nSPS) is 11.7. The minimum atomic E-state index is -1.34. The molecule has 1 radical (unpaired) electrons. The van der Waals surface area contributed by atoms with Crippen molar-refractivity contribution in [3.63, 3.8) is 0 Å². The monoisotopic (exact) mass is 980 g/mol. The molecule has 0 atom stereocenters. The number of pyridine rings is 1. The zero-order chi connectivity index (χ0) is 41.4. The molecule has 0 saturated heterocycles. The van der Waals surface area contributed by atoms with Gasteiger partial charge in [0.15, 0.2) is 0 Å². The van der Waals surface area contributed by atoms with E-state index in [9.17, 15) is 0 Å². The van der Waals surface area contributed by atoms with Crippen molar-refractivity contribution in [2.45, 2.75) is 78.9 Å². The Kier molecular flexibility index (Phi) is 12.6. The number of imidazole rings is 1. The van der Waals surface area contributed by atoms with Crippen LogP contribution in [0.1, 0.15) is 76.0 Å². The van der Waals surface area contributed by atoms with Crippen LogP contribution in [0.25, 0.3) is 72.4 Å². The van der Waals surface area contributed by atoms with Gasteiger partial charge in [-0.05, 0) is 81.2 Å². The average Bonchev–Trinajstić information content (AvgIpc) is 3.82. The molecule has 9 rings (SSSR count). The summed E-state index contributed by atoms with van der Waals surface area (Å²) in [7, 11) is -1.34. The Hall–Kier alpha value is -5.39. The number of nitrogens with zero attached hydrogens (tertiary/aromatic N) is 3. The molecular weight excluding hydrogens is 927 g/mol. The van der Waals surface area contributed by atoms with E-state index in [0.29, 0.717) is 17.8 Å². The average molecular weight is 980 g/mol. The van der Waals surface area contributed by atoms with Gasteiger partial charge in [0, 0.05) is 37.4 Å². The quantitative estimate of drug-likeness (QED) is 0.113. The first kappa shape index (κ1) is 42.7. The van der Waals surface area contributed by atoms with E-state index in [0.717, 1.165) is 55.6 Å². The molecular formula is C54H53IrN3OSi-2. The van der Waals surface area contributed by atoms with Crippen LogP contribution in [-0.4, -0.2) is 22.6 Å². The summed E-state index contributed by atoms with van der Waals surface area (Å²) in [6, 6.07) is 53.3. The number of fused-ring (bicyclic) bond motifs is 4. The molecule has 0 aliphatic carbocycles. The Labute approximate surface area is 370 Å². The second kappa shape index (κ2) is 17.7. The molecule has 0 fully saturated rings. The van der Waals surface area contributed by atoms with Gasteiger partial charge in [-0.25, -0.2) is 0 Å². The van der Waals surface area contributed by atoms with Crippen LogP contribution in [0.3, 0.4) is 0 Å². The van der Waals surface area contributed by atoms with Crippen molar-refractivity contribution in [3.05, 3.63) is 168 Å². The number of benzene rings is 6. The third-order valence-corrected chi connectivity index (χ3v) is 13.2. The molecule has 3 heterocycles. The Balaban J connectivity index is 0.000000230. The van der Waals surface area contributed by atoms with Crippen LogP contribution >= 0.6 is 0 Å². The fourth-order valence-corrected chi connectivity index (χ4v) is 9.80. The molecule has 0 aliphatic rings. The molecule has 0 amide bonds. The largest absolute Gasteiger partial charge is 0.500 e. The van der Waals surface area contributed by atoms with Crippen LogP contribution in [0, 0.1) is 12.1 Å². The van der Waals surface area contributed by atoms with Crippen LogP contribution in [0.4, 0.5) is 0 Å². The van der Waals surface area contributed by atoms with Gasteiger partial charge in [-0.2, -0.15) is 0 Å². The van der Waals surface area contributed by atoms with Crippen LogP contribution in [0.5, 0.6) is 0 Å². The van der Waals surface area contributed by atoms with Crippen LogP contribution in [-0.2, 0) is 20.1 Å². The van der Waals surface area contributed by atoms with Gasteiger partial charge in [0.2, 0.25) is 0 Å². The maximum absolute atomic E-state index is 6.12. The second-order valence-electron chi connectivity index (χ2n) is 17.5. The van der Waals surface area contributed by atoms with Gasteiger partial charge < -0.3 is 14.0 Å². The Morgan fingerprint density at radius 2 is 1.25 bits per heavy atom. The fraction of sp³-hybridized carbons (Fsp3) is 0.222. The van der Waals surface area contributed by atoms with E-state index in [1.54, 1.807) is 0 Å². The van der Waals surface area contributed by atoms with E-state index >= 15 is 0 Å². The molecule has 0 bridgehead atoms. The van der Waals surface area contributed by atoms with E-state index in [2.05, 4.69) is 186 Å². The Morgan fingerprint density at radius 3 is 1.92 bits per heavy atom. The van der Waals surface area contributed by atoms with Crippen molar-refractivity contribution in [2.24, 2.45) is 0 Å². The smallest absolute Gasteiger partial charge is 0.120 e. The first-order chi connectivity index (χ1) is 28.4. The van der Waals surface area contributed by atoms with Gasteiger partial charge in [-0.3, -0.25) is 4.98 Å². The number of furan rings is 1. The number of para-hydroxylation sites is 3. The van der Waals surface area contributed by atoms with Gasteiger partial charge in [-0.1, -0.05) is 139 Å². The molecule has 0 aliphatic heterocycles. The predicted octanol–water partition coefficient (Wildman–Crippen LogP) is 14.5. The van der Waals surface area contributed by atoms with Crippen molar-refractivity contribution in [1.82, 2.24) is 14.5 Å². The molecule has 0 N–H and O–H groups in total. The number of hydrogen-bond donors (Lipinski definition) is 0. The van der Waals surface area contributed by atoms with Crippen LogP contribution in [0.2, 0.25) is 19.6 Å². The molecule has 0 unspecified atom stereocenters. The molecule has 6 heteroatoms. The van der Waals surface area contributed by atoms with Gasteiger partial charge >= 0.3 is 0 Å². The molecule has 0 saturated carbocycles. The second-order valence-corrected chi connectivity index (χ2v) is 22.5. The van der Waals surface area contributed by atoms with Crippen molar-refractivity contribution in [1.29, 1.82) is 0 Å². The molecule has 0 spiro atoms. The minimum absolute atomic E-state index is 0. The maximum atomic E-state index is 6.12. The summed E-state index contributed by atoms with van der Waals surface area (Å²) in [6.07, 6.45) is 2.09. The molecule has 3 aromatic heterocycles. The summed E-state index contributed by atoms with van der Waals surface area (Å²) < 4.78 is 8.48. The van der Waals surface area contributed by atoms with Gasteiger partial charge in [0.25, 0.3) is 0 Å². The summed E-state index contributed by atoms with van der Waals surface area (Å²) in [5.74, 6) is 2.06. The number of rotatable bonds is 8. The van der Waals surface area contributed by atoms with Gasteiger partial charge in [-0.15, -0.1) is 59.7 Å². The Bertz CT molecular complexity index is 2870. The molecule has 305 valence electrons. The topological polar surface area (TPSA) is 43.9 Å². The predicted molar refractivity (Wildman–Crippen MR) is 252 cm³/mol. The van der Waals surface area contributed by atoms with E-state index in [-0.39, 0.29) is 20.1 Å². The van der Waals surface area contributed by atoms with Gasteiger partial charge in [0.1, 0.15) is 5.58 Å². The van der Waals surface area contributed by atoms with Gasteiger partial charge in [0.05, 0.1) is 30.5 Å². The summed E-state index contributed by atoms with van der Waals surface area (Å²) in [5.41, 5.74) is 14.6. The van der Waals surface area contributed by atoms with E-state index in [1.165, 1.54) is 38.7 Å². The fourth-order valence-electron chi connectivity index (χ4n) is 8.12. The summed E-state index contributed by atoms with van der Waals surface area (Å²) in [6.45, 7) is 20.8. The SMILES string of the molecule is CC(C)c1cc(-c2[c-]cccc2)ncc1[Si](C)(C)C.CC(C)c1cc(-c2ccccc2)cc(C(C)C)c1-n1c(-c2[c-]cc3oc4ccccc4c3c2)nc2ccccc21.[Ir]. The molecule has 9 aromatic rings. The zero-order valence-electron chi connectivity index (χ0n) is 36.1. The summed E-state index contributed by atoms with van der Waals surface area (Å²) in [4.78, 5) is 9.88. The number of hydrogen-bond acceptors (Lipinski definition) is 3. The molecule has 6 aromatic carbocycles.